The topological polar surface area (TPSA) is 102 Å². The minimum Gasteiger partial charge on any atom is -0.416 e. The van der Waals surface area contributed by atoms with E-state index < -0.39 is 9.84 Å². The first-order valence-electron chi connectivity index (χ1n) is 7.09. The first kappa shape index (κ1) is 17.3. The number of rotatable bonds is 5. The van der Waals surface area contributed by atoms with E-state index in [1.54, 1.807) is 0 Å². The molecule has 0 spiro atoms. The van der Waals surface area contributed by atoms with Gasteiger partial charge < -0.3 is 9.73 Å². The van der Waals surface area contributed by atoms with Crippen molar-refractivity contribution in [1.82, 2.24) is 15.5 Å². The number of sulfone groups is 1. The molecule has 1 fully saturated rings. The van der Waals surface area contributed by atoms with Crippen LogP contribution < -0.4 is 5.32 Å². The fourth-order valence-corrected chi connectivity index (χ4v) is 4.68. The van der Waals surface area contributed by atoms with Crippen LogP contribution in [0.2, 0.25) is 0 Å². The summed E-state index contributed by atoms with van der Waals surface area (Å²) in [4.78, 5) is 11.7. The minimum atomic E-state index is -2.90. The Hall–Kier alpha value is -1.09. The van der Waals surface area contributed by atoms with Gasteiger partial charge in [-0.25, -0.2) is 8.42 Å². The normalized spacial score (nSPS) is 21.0. The van der Waals surface area contributed by atoms with Crippen LogP contribution in [0.3, 0.4) is 0 Å². The molecular weight excluding hydrogens is 326 g/mol. The van der Waals surface area contributed by atoms with E-state index in [9.17, 15) is 13.2 Å². The Bertz CT molecular complexity index is 634. The predicted octanol–water partition coefficient (Wildman–Crippen LogP) is 1.05. The van der Waals surface area contributed by atoms with E-state index in [1.807, 2.05) is 20.8 Å². The molecule has 0 aromatic carbocycles. The predicted molar refractivity (Wildman–Crippen MR) is 83.4 cm³/mol. The Morgan fingerprint density at radius 2 is 2.14 bits per heavy atom. The highest BCUT2D eigenvalue weighted by molar-refractivity contribution is 7.99. The summed E-state index contributed by atoms with van der Waals surface area (Å²) in [5.74, 6) is 1.01. The van der Waals surface area contributed by atoms with E-state index in [1.165, 1.54) is 11.8 Å². The average Bonchev–Trinajstić information content (AvgIpc) is 2.92. The van der Waals surface area contributed by atoms with Crippen molar-refractivity contribution < 1.29 is 17.6 Å². The quantitative estimate of drug-likeness (QED) is 0.794. The third kappa shape index (κ3) is 5.60. The lowest BCUT2D eigenvalue weighted by atomic mass is 10.1. The zero-order chi connectivity index (χ0) is 16.4. The molecule has 1 amide bonds. The van der Waals surface area contributed by atoms with E-state index >= 15 is 0 Å². The lowest BCUT2D eigenvalue weighted by Gasteiger charge is -2.19. The monoisotopic (exact) mass is 347 g/mol. The van der Waals surface area contributed by atoms with Crippen LogP contribution >= 0.6 is 11.8 Å². The van der Waals surface area contributed by atoms with Gasteiger partial charge in [0.2, 0.25) is 11.8 Å². The minimum absolute atomic E-state index is 0.0486. The van der Waals surface area contributed by atoms with Crippen molar-refractivity contribution in [2.24, 2.45) is 5.92 Å². The second kappa shape index (κ2) is 6.57. The molecule has 1 aliphatic rings. The third-order valence-corrected chi connectivity index (χ3v) is 5.73. The van der Waals surface area contributed by atoms with Gasteiger partial charge in [-0.1, -0.05) is 11.8 Å². The van der Waals surface area contributed by atoms with Crippen LogP contribution in [0, 0.1) is 5.92 Å². The zero-order valence-electron chi connectivity index (χ0n) is 13.0. The van der Waals surface area contributed by atoms with Crippen LogP contribution in [0.4, 0.5) is 0 Å². The van der Waals surface area contributed by atoms with Crippen LogP contribution in [0.5, 0.6) is 0 Å². The zero-order valence-corrected chi connectivity index (χ0v) is 14.6. The molecule has 1 aromatic heterocycles. The summed E-state index contributed by atoms with van der Waals surface area (Å²) in [7, 11) is -2.90. The van der Waals surface area contributed by atoms with Crippen LogP contribution in [-0.4, -0.2) is 47.3 Å². The SMILES string of the molecule is CC(C)(C)NC(=O)CSc1nnc(C[C@H]2CCS(=O)(=O)C2)o1. The molecule has 0 radical (unpaired) electrons. The molecule has 2 heterocycles. The highest BCUT2D eigenvalue weighted by Gasteiger charge is 2.29. The molecule has 1 aliphatic heterocycles. The largest absolute Gasteiger partial charge is 0.416 e. The number of hydrogen-bond donors (Lipinski definition) is 1. The molecule has 0 aliphatic carbocycles. The van der Waals surface area contributed by atoms with Gasteiger partial charge >= 0.3 is 0 Å². The molecule has 0 bridgehead atoms. The van der Waals surface area contributed by atoms with Gasteiger partial charge in [0.1, 0.15) is 0 Å². The van der Waals surface area contributed by atoms with E-state index in [4.69, 9.17) is 4.42 Å². The molecule has 124 valence electrons. The Morgan fingerprint density at radius 3 is 2.73 bits per heavy atom. The van der Waals surface area contributed by atoms with E-state index in [-0.39, 0.29) is 34.6 Å². The summed E-state index contributed by atoms with van der Waals surface area (Å²) in [6.45, 7) is 5.74. The molecule has 7 nitrogen and oxygen atoms in total. The average molecular weight is 347 g/mol. The van der Waals surface area contributed by atoms with Crippen molar-refractivity contribution in [2.75, 3.05) is 17.3 Å². The first-order valence-corrected chi connectivity index (χ1v) is 9.90. The Kier molecular flexibility index (Phi) is 5.16. The highest BCUT2D eigenvalue weighted by Crippen LogP contribution is 2.24. The number of nitrogens with zero attached hydrogens (tertiary/aromatic N) is 2. The Morgan fingerprint density at radius 1 is 1.41 bits per heavy atom. The van der Waals surface area contributed by atoms with Crippen molar-refractivity contribution in [2.45, 2.75) is 44.4 Å². The molecule has 1 N–H and O–H groups in total. The number of amides is 1. The van der Waals surface area contributed by atoms with Crippen LogP contribution in [0.25, 0.3) is 0 Å². The molecule has 9 heteroatoms. The van der Waals surface area contributed by atoms with Crippen LogP contribution in [0.15, 0.2) is 9.64 Å². The third-order valence-electron chi connectivity index (χ3n) is 3.08. The number of thioether (sulfide) groups is 1. The molecule has 1 aromatic rings. The van der Waals surface area contributed by atoms with Gasteiger partial charge in [0.25, 0.3) is 5.22 Å². The molecule has 1 atom stereocenters. The van der Waals surface area contributed by atoms with Crippen LogP contribution in [-0.2, 0) is 21.1 Å². The fraction of sp³-hybridized carbons (Fsp3) is 0.769. The van der Waals surface area contributed by atoms with E-state index in [2.05, 4.69) is 15.5 Å². The summed E-state index contributed by atoms with van der Waals surface area (Å²) in [6, 6.07) is 0. The Balaban J connectivity index is 1.81. The van der Waals surface area contributed by atoms with E-state index in [0.717, 1.165) is 0 Å². The number of nitrogens with one attached hydrogen (secondary N) is 1. The summed E-state index contributed by atoms with van der Waals surface area (Å²) in [6.07, 6.45) is 1.11. The van der Waals surface area contributed by atoms with Crippen molar-refractivity contribution in [3.8, 4) is 0 Å². The molecule has 22 heavy (non-hydrogen) atoms. The van der Waals surface area contributed by atoms with Crippen LogP contribution in [0.1, 0.15) is 33.1 Å². The van der Waals surface area contributed by atoms with E-state index in [0.29, 0.717) is 24.0 Å². The summed E-state index contributed by atoms with van der Waals surface area (Å²) < 4.78 is 28.3. The van der Waals surface area contributed by atoms with Gasteiger partial charge in [0, 0.05) is 12.0 Å². The summed E-state index contributed by atoms with van der Waals surface area (Å²) in [5, 5.41) is 11.0. The molecule has 1 saturated heterocycles. The summed E-state index contributed by atoms with van der Waals surface area (Å²) >= 11 is 1.18. The maximum absolute atomic E-state index is 11.7. The standard InChI is InChI=1S/C13H21N3O4S2/c1-13(2,3)14-10(17)7-21-12-16-15-11(20-12)6-9-4-5-22(18,19)8-9/h9H,4-8H2,1-3H3,(H,14,17)/t9-/m1/s1. The number of carbonyl (C=O) groups excluding carboxylic acids is 1. The molecular formula is C13H21N3O4S2. The van der Waals surface area contributed by atoms with Crippen molar-refractivity contribution in [1.29, 1.82) is 0 Å². The number of carbonyl (C=O) groups is 1. The molecule has 2 rings (SSSR count). The number of aromatic nitrogens is 2. The Labute approximate surface area is 134 Å². The van der Waals surface area contributed by atoms with Gasteiger partial charge in [-0.15, -0.1) is 10.2 Å². The lowest BCUT2D eigenvalue weighted by molar-refractivity contribution is -0.119. The molecule has 0 saturated carbocycles. The van der Waals surface area contributed by atoms with Gasteiger partial charge in [0.15, 0.2) is 9.84 Å². The molecule has 0 unspecified atom stereocenters. The second-order valence-corrected chi connectivity index (χ2v) is 9.68. The maximum Gasteiger partial charge on any atom is 0.277 e. The maximum atomic E-state index is 11.7. The highest BCUT2D eigenvalue weighted by atomic mass is 32.2. The van der Waals surface area contributed by atoms with Gasteiger partial charge in [-0.3, -0.25) is 4.79 Å². The van der Waals surface area contributed by atoms with Gasteiger partial charge in [-0.05, 0) is 33.1 Å². The second-order valence-electron chi connectivity index (χ2n) is 6.52. The van der Waals surface area contributed by atoms with Crippen molar-refractivity contribution in [3.63, 3.8) is 0 Å². The van der Waals surface area contributed by atoms with Crippen molar-refractivity contribution in [3.05, 3.63) is 5.89 Å². The number of hydrogen-bond acceptors (Lipinski definition) is 7. The fourth-order valence-electron chi connectivity index (χ4n) is 2.24. The van der Waals surface area contributed by atoms with Crippen molar-refractivity contribution >= 4 is 27.5 Å². The smallest absolute Gasteiger partial charge is 0.277 e. The van der Waals surface area contributed by atoms with Gasteiger partial charge in [-0.2, -0.15) is 0 Å². The lowest BCUT2D eigenvalue weighted by Crippen LogP contribution is -2.41. The van der Waals surface area contributed by atoms with Gasteiger partial charge in [0.05, 0.1) is 17.3 Å². The summed E-state index contributed by atoms with van der Waals surface area (Å²) in [5.41, 5.74) is -0.272. The first-order chi connectivity index (χ1) is 10.1.